The summed E-state index contributed by atoms with van der Waals surface area (Å²) in [5.41, 5.74) is 3.77. The number of carbonyl (C=O) groups excluding carboxylic acids is 1. The summed E-state index contributed by atoms with van der Waals surface area (Å²) >= 11 is 1.65. The molecule has 146 valence electrons. The van der Waals surface area contributed by atoms with Crippen molar-refractivity contribution in [1.82, 2.24) is 15.5 Å². The Morgan fingerprint density at radius 3 is 2.79 bits per heavy atom. The van der Waals surface area contributed by atoms with Crippen molar-refractivity contribution in [2.24, 2.45) is 0 Å². The molecule has 0 radical (unpaired) electrons. The second-order valence-electron chi connectivity index (χ2n) is 7.18. The molecule has 2 heterocycles. The first-order valence-corrected chi connectivity index (χ1v) is 10.3. The Labute approximate surface area is 171 Å². The van der Waals surface area contributed by atoms with Crippen molar-refractivity contribution in [2.45, 2.75) is 32.4 Å². The Morgan fingerprint density at radius 2 is 2.00 bits per heavy atom. The average Bonchev–Trinajstić information content (AvgIpc) is 3.42. The molecule has 5 rings (SSSR count). The number of amides is 1. The predicted molar refractivity (Wildman–Crippen MR) is 110 cm³/mol. The number of thiazole rings is 1. The van der Waals surface area contributed by atoms with Gasteiger partial charge in [0, 0.05) is 18.2 Å². The van der Waals surface area contributed by atoms with Gasteiger partial charge in [-0.05, 0) is 43.0 Å². The number of rotatable bonds is 5. The van der Waals surface area contributed by atoms with Gasteiger partial charge in [-0.2, -0.15) is 0 Å². The molecule has 0 spiro atoms. The second kappa shape index (κ2) is 7.33. The third-order valence-corrected chi connectivity index (χ3v) is 5.98. The van der Waals surface area contributed by atoms with Crippen molar-refractivity contribution in [1.29, 1.82) is 0 Å². The number of fused-ring (bicyclic) bond motifs is 2. The van der Waals surface area contributed by atoms with Crippen molar-refractivity contribution in [3.05, 3.63) is 76.1 Å². The van der Waals surface area contributed by atoms with E-state index in [9.17, 15) is 4.79 Å². The van der Waals surface area contributed by atoms with Crippen molar-refractivity contribution in [3.8, 4) is 5.75 Å². The molecule has 1 N–H and O–H groups in total. The minimum absolute atomic E-state index is 0.0876. The van der Waals surface area contributed by atoms with Gasteiger partial charge in [0.1, 0.15) is 12.4 Å². The van der Waals surface area contributed by atoms with Gasteiger partial charge >= 0.3 is 0 Å². The average molecular weight is 405 g/mol. The van der Waals surface area contributed by atoms with Crippen LogP contribution in [0.25, 0.3) is 10.2 Å². The third kappa shape index (κ3) is 3.73. The Morgan fingerprint density at radius 1 is 1.21 bits per heavy atom. The Balaban J connectivity index is 1.19. The van der Waals surface area contributed by atoms with E-state index in [1.807, 2.05) is 37.3 Å². The number of hydrogen-bond donors (Lipinski definition) is 1. The van der Waals surface area contributed by atoms with Crippen LogP contribution >= 0.6 is 11.3 Å². The molecule has 0 bridgehead atoms. The highest BCUT2D eigenvalue weighted by molar-refractivity contribution is 7.18. The second-order valence-corrected chi connectivity index (χ2v) is 8.41. The largest absolute Gasteiger partial charge is 0.485 e. The van der Waals surface area contributed by atoms with E-state index < -0.39 is 0 Å². The van der Waals surface area contributed by atoms with Gasteiger partial charge in [0.25, 0.3) is 5.91 Å². The highest BCUT2D eigenvalue weighted by atomic mass is 32.1. The van der Waals surface area contributed by atoms with Crippen LogP contribution in [0.5, 0.6) is 5.75 Å². The molecule has 2 aromatic carbocycles. The number of nitrogens with one attached hydrogen (secondary N) is 1. The maximum Gasteiger partial charge on any atom is 0.273 e. The summed E-state index contributed by atoms with van der Waals surface area (Å²) in [6.07, 6.45) is 1.68. The molecule has 0 atom stereocenters. The lowest BCUT2D eigenvalue weighted by Gasteiger charge is -2.09. The van der Waals surface area contributed by atoms with E-state index >= 15 is 0 Å². The molecule has 29 heavy (non-hydrogen) atoms. The molecule has 0 unspecified atom stereocenters. The molecule has 1 aliphatic rings. The maximum absolute atomic E-state index is 12.5. The van der Waals surface area contributed by atoms with E-state index in [-0.39, 0.29) is 24.2 Å². The predicted octanol–water partition coefficient (Wildman–Crippen LogP) is 4.07. The molecule has 0 saturated carbocycles. The molecular weight excluding hydrogens is 386 g/mol. The number of hydrogen-bond acceptors (Lipinski definition) is 6. The highest BCUT2D eigenvalue weighted by Crippen LogP contribution is 2.26. The number of nitrogens with zero attached hydrogens (tertiary/aromatic N) is 2. The first-order chi connectivity index (χ1) is 14.1. The van der Waals surface area contributed by atoms with Crippen LogP contribution in [0.1, 0.15) is 32.4 Å². The van der Waals surface area contributed by atoms with Gasteiger partial charge in [0.15, 0.2) is 11.5 Å². The number of carbonyl (C=O) groups is 1. The van der Waals surface area contributed by atoms with Gasteiger partial charge in [0.2, 0.25) is 0 Å². The van der Waals surface area contributed by atoms with Gasteiger partial charge < -0.3 is 14.6 Å². The fourth-order valence-corrected chi connectivity index (χ4v) is 4.48. The van der Waals surface area contributed by atoms with Crippen molar-refractivity contribution in [3.63, 3.8) is 0 Å². The van der Waals surface area contributed by atoms with Gasteiger partial charge in [-0.25, -0.2) is 4.98 Å². The molecular formula is C22H19N3O3S. The summed E-state index contributed by atoms with van der Waals surface area (Å²) in [6.45, 7) is 2.18. The zero-order chi connectivity index (χ0) is 19.8. The first-order valence-electron chi connectivity index (χ1n) is 9.47. The summed E-state index contributed by atoms with van der Waals surface area (Å²) in [4.78, 5) is 17.0. The highest BCUT2D eigenvalue weighted by Gasteiger charge is 2.24. The van der Waals surface area contributed by atoms with E-state index in [0.717, 1.165) is 28.1 Å². The monoisotopic (exact) mass is 405 g/mol. The zero-order valence-electron chi connectivity index (χ0n) is 15.8. The Kier molecular flexibility index (Phi) is 4.52. The fraction of sp³-hybridized carbons (Fsp3) is 0.227. The number of ether oxygens (including phenoxy) is 1. The molecule has 1 amide bonds. The summed E-state index contributed by atoms with van der Waals surface area (Å²) in [5, 5.41) is 7.96. The standard InChI is InChI=1S/C22H19N3O3S/c1-13-23-19-10-17(6-7-21(19)29-13)27-12-18-11-20(25-28-18)22(26)24-16-8-14-4-2-3-5-15(14)9-16/h2-7,10-11,16H,8-9,12H2,1H3,(H,24,26). The van der Waals surface area contributed by atoms with Gasteiger partial charge in [-0.3, -0.25) is 4.79 Å². The molecule has 6 nitrogen and oxygen atoms in total. The lowest BCUT2D eigenvalue weighted by molar-refractivity contribution is 0.0929. The molecule has 2 aromatic heterocycles. The van der Waals surface area contributed by atoms with E-state index in [0.29, 0.717) is 11.5 Å². The SMILES string of the molecule is Cc1nc2cc(OCc3cc(C(=O)NC4Cc5ccccc5C4)no3)ccc2s1. The number of benzene rings is 2. The lowest BCUT2D eigenvalue weighted by Crippen LogP contribution is -2.35. The minimum atomic E-state index is -0.225. The van der Waals surface area contributed by atoms with Gasteiger partial charge in [-0.15, -0.1) is 11.3 Å². The van der Waals surface area contributed by atoms with Gasteiger partial charge in [0.05, 0.1) is 15.2 Å². The fourth-order valence-electron chi connectivity index (χ4n) is 3.67. The Hall–Kier alpha value is -3.19. The van der Waals surface area contributed by atoms with Crippen molar-refractivity contribution in [2.75, 3.05) is 0 Å². The van der Waals surface area contributed by atoms with E-state index in [2.05, 4.69) is 27.6 Å². The smallest absolute Gasteiger partial charge is 0.273 e. The van der Waals surface area contributed by atoms with Crippen LogP contribution in [0.15, 0.2) is 53.1 Å². The molecule has 0 aliphatic heterocycles. The molecule has 7 heteroatoms. The number of aromatic nitrogens is 2. The number of aryl methyl sites for hydroxylation is 1. The summed E-state index contributed by atoms with van der Waals surface area (Å²) < 4.78 is 12.2. The first kappa shape index (κ1) is 17.9. The Bertz CT molecular complexity index is 1170. The summed E-state index contributed by atoms with van der Waals surface area (Å²) in [7, 11) is 0. The van der Waals surface area contributed by atoms with Crippen molar-refractivity contribution >= 4 is 27.5 Å². The molecule has 1 aliphatic carbocycles. The quantitative estimate of drug-likeness (QED) is 0.542. The normalized spacial score (nSPS) is 13.6. The molecule has 4 aromatic rings. The van der Waals surface area contributed by atoms with Crippen LogP contribution in [0.2, 0.25) is 0 Å². The van der Waals surface area contributed by atoms with Crippen LogP contribution < -0.4 is 10.1 Å². The van der Waals surface area contributed by atoms with Crippen LogP contribution in [-0.2, 0) is 19.4 Å². The minimum Gasteiger partial charge on any atom is -0.485 e. The third-order valence-electron chi connectivity index (χ3n) is 5.02. The van der Waals surface area contributed by atoms with Crippen LogP contribution in [0, 0.1) is 6.92 Å². The topological polar surface area (TPSA) is 77.2 Å². The van der Waals surface area contributed by atoms with Crippen LogP contribution in [0.3, 0.4) is 0 Å². The van der Waals surface area contributed by atoms with E-state index in [4.69, 9.17) is 9.26 Å². The van der Waals surface area contributed by atoms with Gasteiger partial charge in [-0.1, -0.05) is 29.4 Å². The summed E-state index contributed by atoms with van der Waals surface area (Å²) in [5.74, 6) is 0.977. The molecule has 0 fully saturated rings. The van der Waals surface area contributed by atoms with Crippen LogP contribution in [-0.4, -0.2) is 22.1 Å². The zero-order valence-corrected chi connectivity index (χ0v) is 16.7. The van der Waals surface area contributed by atoms with Crippen LogP contribution in [0.4, 0.5) is 0 Å². The van der Waals surface area contributed by atoms with E-state index in [1.54, 1.807) is 17.4 Å². The maximum atomic E-state index is 12.5. The summed E-state index contributed by atoms with van der Waals surface area (Å²) in [6, 6.07) is 15.8. The lowest BCUT2D eigenvalue weighted by atomic mass is 10.1. The molecule has 0 saturated heterocycles. The van der Waals surface area contributed by atoms with Crippen molar-refractivity contribution < 1.29 is 14.1 Å². The van der Waals surface area contributed by atoms with E-state index in [1.165, 1.54) is 11.1 Å².